The SMILES string of the molecule is COc1ccsc1C(=O)NCC(C)CCBr. The smallest absolute Gasteiger partial charge is 0.265 e. The molecule has 3 nitrogen and oxygen atoms in total. The Kier molecular flexibility index (Phi) is 5.84. The lowest BCUT2D eigenvalue weighted by Gasteiger charge is -2.10. The molecule has 0 spiro atoms. The van der Waals surface area contributed by atoms with Crippen molar-refractivity contribution in [2.24, 2.45) is 5.92 Å². The van der Waals surface area contributed by atoms with Crippen LogP contribution in [0.15, 0.2) is 11.4 Å². The third-order valence-corrected chi connectivity index (χ3v) is 3.62. The highest BCUT2D eigenvalue weighted by Gasteiger charge is 2.14. The first kappa shape index (κ1) is 13.5. The number of alkyl halides is 1. The molecule has 0 bridgehead atoms. The fraction of sp³-hybridized carbons (Fsp3) is 0.545. The number of carbonyl (C=O) groups is 1. The molecule has 1 unspecified atom stereocenters. The summed E-state index contributed by atoms with van der Waals surface area (Å²) in [5, 5.41) is 5.74. The first-order valence-electron chi connectivity index (χ1n) is 5.14. The molecule has 1 N–H and O–H groups in total. The van der Waals surface area contributed by atoms with Crippen molar-refractivity contribution in [3.8, 4) is 5.75 Å². The summed E-state index contributed by atoms with van der Waals surface area (Å²) in [4.78, 5) is 12.4. The van der Waals surface area contributed by atoms with Gasteiger partial charge in [0.25, 0.3) is 5.91 Å². The third-order valence-electron chi connectivity index (χ3n) is 2.27. The average Bonchev–Trinajstić information content (AvgIpc) is 2.74. The van der Waals surface area contributed by atoms with E-state index < -0.39 is 0 Å². The number of carbonyl (C=O) groups excluding carboxylic acids is 1. The Morgan fingerprint density at radius 1 is 1.69 bits per heavy atom. The summed E-state index contributed by atoms with van der Waals surface area (Å²) in [6.07, 6.45) is 1.06. The number of halogens is 1. The van der Waals surface area contributed by atoms with Gasteiger partial charge >= 0.3 is 0 Å². The Bertz CT molecular complexity index is 340. The van der Waals surface area contributed by atoms with E-state index in [1.807, 2.05) is 11.4 Å². The van der Waals surface area contributed by atoms with Crippen molar-refractivity contribution in [3.63, 3.8) is 0 Å². The summed E-state index contributed by atoms with van der Waals surface area (Å²) >= 11 is 4.79. The van der Waals surface area contributed by atoms with Gasteiger partial charge in [-0.05, 0) is 23.8 Å². The fourth-order valence-electron chi connectivity index (χ4n) is 1.26. The standard InChI is InChI=1S/C11H16BrNO2S/c1-8(3-5-12)7-13-11(14)10-9(15-2)4-6-16-10/h4,6,8H,3,5,7H2,1-2H3,(H,13,14). The largest absolute Gasteiger partial charge is 0.495 e. The van der Waals surface area contributed by atoms with E-state index in [0.29, 0.717) is 23.1 Å². The first-order valence-corrected chi connectivity index (χ1v) is 7.14. The number of amides is 1. The van der Waals surface area contributed by atoms with Crippen LogP contribution in [0, 0.1) is 5.92 Å². The van der Waals surface area contributed by atoms with Crippen molar-refractivity contribution in [2.75, 3.05) is 19.0 Å². The lowest BCUT2D eigenvalue weighted by Crippen LogP contribution is -2.28. The van der Waals surface area contributed by atoms with Crippen LogP contribution in [0.2, 0.25) is 0 Å². The van der Waals surface area contributed by atoms with Crippen LogP contribution >= 0.6 is 27.3 Å². The van der Waals surface area contributed by atoms with Gasteiger partial charge in [0.15, 0.2) is 0 Å². The Labute approximate surface area is 108 Å². The number of ether oxygens (including phenoxy) is 1. The maximum Gasteiger partial charge on any atom is 0.265 e. The number of nitrogens with one attached hydrogen (secondary N) is 1. The number of methoxy groups -OCH3 is 1. The second-order valence-corrected chi connectivity index (χ2v) is 5.32. The molecule has 1 amide bonds. The first-order chi connectivity index (χ1) is 7.69. The zero-order valence-corrected chi connectivity index (χ0v) is 11.9. The number of thiophene rings is 1. The molecule has 0 radical (unpaired) electrons. The van der Waals surface area contributed by atoms with Crippen LogP contribution in [0.5, 0.6) is 5.75 Å². The van der Waals surface area contributed by atoms with Crippen LogP contribution in [0.25, 0.3) is 0 Å². The molecule has 1 aromatic heterocycles. The number of hydrogen-bond donors (Lipinski definition) is 1. The minimum atomic E-state index is -0.0479. The summed E-state index contributed by atoms with van der Waals surface area (Å²) in [6.45, 7) is 2.82. The summed E-state index contributed by atoms with van der Waals surface area (Å²) in [7, 11) is 1.58. The summed E-state index contributed by atoms with van der Waals surface area (Å²) in [6, 6.07) is 1.81. The van der Waals surface area contributed by atoms with E-state index in [1.54, 1.807) is 7.11 Å². The van der Waals surface area contributed by atoms with Gasteiger partial charge in [0.2, 0.25) is 0 Å². The molecule has 0 aliphatic heterocycles. The Balaban J connectivity index is 2.46. The van der Waals surface area contributed by atoms with Gasteiger partial charge in [-0.3, -0.25) is 4.79 Å². The molecule has 1 rings (SSSR count). The lowest BCUT2D eigenvalue weighted by molar-refractivity contribution is 0.0949. The minimum absolute atomic E-state index is 0.0479. The lowest BCUT2D eigenvalue weighted by atomic mass is 10.1. The average molecular weight is 306 g/mol. The molecule has 5 heteroatoms. The molecule has 0 saturated carbocycles. The van der Waals surface area contributed by atoms with E-state index in [4.69, 9.17) is 4.74 Å². The van der Waals surface area contributed by atoms with Gasteiger partial charge in [-0.1, -0.05) is 22.9 Å². The molecular weight excluding hydrogens is 290 g/mol. The molecule has 0 aliphatic rings. The molecule has 90 valence electrons. The summed E-state index contributed by atoms with van der Waals surface area (Å²) in [5.41, 5.74) is 0. The van der Waals surface area contributed by atoms with Gasteiger partial charge in [-0.25, -0.2) is 0 Å². The van der Waals surface area contributed by atoms with Crippen LogP contribution in [-0.4, -0.2) is 24.9 Å². The minimum Gasteiger partial charge on any atom is -0.495 e. The molecule has 0 aromatic carbocycles. The zero-order chi connectivity index (χ0) is 12.0. The second kappa shape index (κ2) is 6.91. The van der Waals surface area contributed by atoms with Crippen molar-refractivity contribution in [2.45, 2.75) is 13.3 Å². The number of rotatable bonds is 6. The molecule has 16 heavy (non-hydrogen) atoms. The fourth-order valence-corrected chi connectivity index (χ4v) is 2.82. The van der Waals surface area contributed by atoms with Crippen LogP contribution in [0.1, 0.15) is 23.0 Å². The Hall–Kier alpha value is -0.550. The zero-order valence-electron chi connectivity index (χ0n) is 9.46. The van der Waals surface area contributed by atoms with E-state index in [1.165, 1.54) is 11.3 Å². The van der Waals surface area contributed by atoms with Crippen LogP contribution in [0.3, 0.4) is 0 Å². The summed E-state index contributed by atoms with van der Waals surface area (Å²) in [5.74, 6) is 1.08. The topological polar surface area (TPSA) is 38.3 Å². The van der Waals surface area contributed by atoms with E-state index in [2.05, 4.69) is 28.2 Å². The highest BCUT2D eigenvalue weighted by Crippen LogP contribution is 2.24. The monoisotopic (exact) mass is 305 g/mol. The predicted molar refractivity (Wildman–Crippen MR) is 70.8 cm³/mol. The molecule has 0 saturated heterocycles. The van der Waals surface area contributed by atoms with Crippen LogP contribution in [-0.2, 0) is 0 Å². The van der Waals surface area contributed by atoms with Crippen molar-refractivity contribution in [3.05, 3.63) is 16.3 Å². The predicted octanol–water partition coefficient (Wildman–Crippen LogP) is 2.91. The Morgan fingerprint density at radius 3 is 3.06 bits per heavy atom. The van der Waals surface area contributed by atoms with Crippen molar-refractivity contribution in [1.29, 1.82) is 0 Å². The molecule has 1 heterocycles. The molecule has 0 fully saturated rings. The van der Waals surface area contributed by atoms with Gasteiger partial charge in [0.05, 0.1) is 7.11 Å². The van der Waals surface area contributed by atoms with E-state index >= 15 is 0 Å². The maximum absolute atomic E-state index is 11.8. The molecular formula is C11H16BrNO2S. The van der Waals surface area contributed by atoms with Crippen LogP contribution < -0.4 is 10.1 Å². The van der Waals surface area contributed by atoms with Crippen molar-refractivity contribution in [1.82, 2.24) is 5.32 Å². The van der Waals surface area contributed by atoms with E-state index in [9.17, 15) is 4.79 Å². The highest BCUT2D eigenvalue weighted by atomic mass is 79.9. The van der Waals surface area contributed by atoms with Crippen molar-refractivity contribution >= 4 is 33.2 Å². The molecule has 0 aliphatic carbocycles. The van der Waals surface area contributed by atoms with E-state index in [-0.39, 0.29) is 5.91 Å². The molecule has 1 atom stereocenters. The Morgan fingerprint density at radius 2 is 2.44 bits per heavy atom. The number of hydrogen-bond acceptors (Lipinski definition) is 3. The maximum atomic E-state index is 11.8. The second-order valence-electron chi connectivity index (χ2n) is 3.61. The quantitative estimate of drug-likeness (QED) is 0.821. The third kappa shape index (κ3) is 3.79. The van der Waals surface area contributed by atoms with Gasteiger partial charge in [0, 0.05) is 11.9 Å². The van der Waals surface area contributed by atoms with Gasteiger partial charge in [-0.2, -0.15) is 0 Å². The van der Waals surface area contributed by atoms with Gasteiger partial charge in [0.1, 0.15) is 10.6 Å². The van der Waals surface area contributed by atoms with E-state index in [0.717, 1.165) is 11.8 Å². The van der Waals surface area contributed by atoms with Crippen molar-refractivity contribution < 1.29 is 9.53 Å². The highest BCUT2D eigenvalue weighted by molar-refractivity contribution is 9.09. The normalized spacial score (nSPS) is 12.2. The van der Waals surface area contributed by atoms with Crippen LogP contribution in [0.4, 0.5) is 0 Å². The van der Waals surface area contributed by atoms with Gasteiger partial charge < -0.3 is 10.1 Å². The summed E-state index contributed by atoms with van der Waals surface area (Å²) < 4.78 is 5.10. The van der Waals surface area contributed by atoms with Gasteiger partial charge in [-0.15, -0.1) is 11.3 Å². The molecule has 1 aromatic rings.